The van der Waals surface area contributed by atoms with Gasteiger partial charge >= 0.3 is 0 Å². The minimum absolute atomic E-state index is 0.0656. The molecule has 6 heteroatoms. The molecule has 2 N–H and O–H groups in total. The molecule has 0 bridgehead atoms. The monoisotopic (exact) mass is 288 g/mol. The Hall–Kier alpha value is -2.11. The lowest BCUT2D eigenvalue weighted by molar-refractivity contribution is 0.311. The number of aliphatic hydroxyl groups excluding tert-OH is 1. The second-order valence-electron chi connectivity index (χ2n) is 4.30. The summed E-state index contributed by atoms with van der Waals surface area (Å²) in [5.74, 6) is 0.710. The number of anilines is 1. The third kappa shape index (κ3) is 2.45. The molecular formula is C14H13ClN4O. The van der Waals surface area contributed by atoms with Crippen LogP contribution in [-0.4, -0.2) is 32.9 Å². The van der Waals surface area contributed by atoms with E-state index in [0.717, 1.165) is 16.8 Å². The molecular weight excluding hydrogens is 276 g/mol. The van der Waals surface area contributed by atoms with Crippen LogP contribution in [0.2, 0.25) is 5.02 Å². The van der Waals surface area contributed by atoms with Crippen molar-refractivity contribution in [2.75, 3.05) is 18.5 Å². The van der Waals surface area contributed by atoms with E-state index in [4.69, 9.17) is 16.7 Å². The molecule has 0 aliphatic rings. The standard InChI is InChI=1S/C14H13ClN4O/c15-11-3-1-10(2-4-11)12-9-17-19-7-5-13(16-6-8-20)18-14(12)19/h1-5,7,9,20H,6,8H2,(H,16,18). The molecule has 0 amide bonds. The maximum Gasteiger partial charge on any atom is 0.165 e. The van der Waals surface area contributed by atoms with Crippen LogP contribution in [0.1, 0.15) is 0 Å². The molecule has 3 aromatic rings. The van der Waals surface area contributed by atoms with Crippen molar-refractivity contribution in [3.63, 3.8) is 0 Å². The van der Waals surface area contributed by atoms with E-state index >= 15 is 0 Å². The van der Waals surface area contributed by atoms with Crippen molar-refractivity contribution in [3.05, 3.63) is 47.7 Å². The zero-order valence-corrected chi connectivity index (χ0v) is 11.4. The number of hydrogen-bond donors (Lipinski definition) is 2. The summed E-state index contributed by atoms with van der Waals surface area (Å²) in [6.45, 7) is 0.532. The van der Waals surface area contributed by atoms with Gasteiger partial charge in [-0.1, -0.05) is 23.7 Å². The van der Waals surface area contributed by atoms with Gasteiger partial charge in [-0.25, -0.2) is 9.50 Å². The van der Waals surface area contributed by atoms with E-state index in [-0.39, 0.29) is 6.61 Å². The fraction of sp³-hybridized carbons (Fsp3) is 0.143. The highest BCUT2D eigenvalue weighted by atomic mass is 35.5. The molecule has 20 heavy (non-hydrogen) atoms. The van der Waals surface area contributed by atoms with Gasteiger partial charge in [0, 0.05) is 23.3 Å². The molecule has 0 fully saturated rings. The number of halogens is 1. The number of benzene rings is 1. The van der Waals surface area contributed by atoms with Crippen molar-refractivity contribution in [2.24, 2.45) is 0 Å². The molecule has 2 aromatic heterocycles. The largest absolute Gasteiger partial charge is 0.395 e. The van der Waals surface area contributed by atoms with Crippen LogP contribution in [0.25, 0.3) is 16.8 Å². The van der Waals surface area contributed by atoms with Gasteiger partial charge in [0.1, 0.15) is 5.82 Å². The molecule has 0 saturated heterocycles. The van der Waals surface area contributed by atoms with Gasteiger partial charge in [0.25, 0.3) is 0 Å². The fourth-order valence-corrected chi connectivity index (χ4v) is 2.11. The number of aromatic nitrogens is 3. The van der Waals surface area contributed by atoms with E-state index in [0.29, 0.717) is 17.4 Å². The van der Waals surface area contributed by atoms with E-state index in [9.17, 15) is 0 Å². The van der Waals surface area contributed by atoms with Crippen LogP contribution in [0.15, 0.2) is 42.7 Å². The Bertz CT molecular complexity index is 724. The summed E-state index contributed by atoms with van der Waals surface area (Å²) in [5, 5.41) is 16.9. The number of nitrogens with one attached hydrogen (secondary N) is 1. The van der Waals surface area contributed by atoms with Crippen LogP contribution in [0.4, 0.5) is 5.82 Å². The van der Waals surface area contributed by atoms with Crippen molar-refractivity contribution >= 4 is 23.1 Å². The smallest absolute Gasteiger partial charge is 0.165 e. The number of nitrogens with zero attached hydrogens (tertiary/aromatic N) is 3. The van der Waals surface area contributed by atoms with Gasteiger partial charge in [0.15, 0.2) is 5.65 Å². The predicted molar refractivity (Wildman–Crippen MR) is 79.0 cm³/mol. The molecule has 3 rings (SSSR count). The lowest BCUT2D eigenvalue weighted by Gasteiger charge is -2.04. The van der Waals surface area contributed by atoms with E-state index < -0.39 is 0 Å². The topological polar surface area (TPSA) is 62.5 Å². The third-order valence-corrected chi connectivity index (χ3v) is 3.19. The quantitative estimate of drug-likeness (QED) is 0.774. The second-order valence-corrected chi connectivity index (χ2v) is 4.73. The summed E-state index contributed by atoms with van der Waals surface area (Å²) in [4.78, 5) is 4.52. The summed E-state index contributed by atoms with van der Waals surface area (Å²) in [6, 6.07) is 9.38. The van der Waals surface area contributed by atoms with Gasteiger partial charge in [0.05, 0.1) is 12.8 Å². The molecule has 1 aromatic carbocycles. The molecule has 0 aliphatic heterocycles. The van der Waals surface area contributed by atoms with Crippen LogP contribution in [-0.2, 0) is 0 Å². The predicted octanol–water partition coefficient (Wildman–Crippen LogP) is 2.45. The van der Waals surface area contributed by atoms with Crippen LogP contribution >= 0.6 is 11.6 Å². The number of hydrogen-bond acceptors (Lipinski definition) is 4. The maximum atomic E-state index is 8.84. The molecule has 0 radical (unpaired) electrons. The highest BCUT2D eigenvalue weighted by Crippen LogP contribution is 2.25. The van der Waals surface area contributed by atoms with Crippen LogP contribution in [0.3, 0.4) is 0 Å². The SMILES string of the molecule is OCCNc1ccn2ncc(-c3ccc(Cl)cc3)c2n1. The molecule has 0 atom stereocenters. The molecule has 0 aliphatic carbocycles. The number of aliphatic hydroxyl groups is 1. The minimum Gasteiger partial charge on any atom is -0.395 e. The van der Waals surface area contributed by atoms with Crippen molar-refractivity contribution in [1.29, 1.82) is 0 Å². The first kappa shape index (κ1) is 12.9. The van der Waals surface area contributed by atoms with Crippen LogP contribution in [0, 0.1) is 0 Å². The zero-order chi connectivity index (χ0) is 13.9. The van der Waals surface area contributed by atoms with Crippen molar-refractivity contribution < 1.29 is 5.11 Å². The Morgan fingerprint density at radius 2 is 2.00 bits per heavy atom. The summed E-state index contributed by atoms with van der Waals surface area (Å²) in [5.41, 5.74) is 2.71. The molecule has 0 unspecified atom stereocenters. The van der Waals surface area contributed by atoms with E-state index in [1.54, 1.807) is 10.7 Å². The summed E-state index contributed by atoms with van der Waals surface area (Å²) < 4.78 is 1.72. The van der Waals surface area contributed by atoms with Gasteiger partial charge in [-0.05, 0) is 23.8 Å². The highest BCUT2D eigenvalue weighted by molar-refractivity contribution is 6.30. The van der Waals surface area contributed by atoms with Gasteiger partial charge in [-0.2, -0.15) is 5.10 Å². The molecule has 102 valence electrons. The average molecular weight is 289 g/mol. The minimum atomic E-state index is 0.0656. The van der Waals surface area contributed by atoms with E-state index in [2.05, 4.69) is 15.4 Å². The number of rotatable bonds is 4. The molecule has 2 heterocycles. The summed E-state index contributed by atoms with van der Waals surface area (Å²) in [6.07, 6.45) is 3.61. The third-order valence-electron chi connectivity index (χ3n) is 2.94. The van der Waals surface area contributed by atoms with E-state index in [1.165, 1.54) is 0 Å². The Kier molecular flexibility index (Phi) is 3.54. The van der Waals surface area contributed by atoms with Crippen LogP contribution in [0.5, 0.6) is 0 Å². The highest BCUT2D eigenvalue weighted by Gasteiger charge is 2.08. The Balaban J connectivity index is 2.04. The zero-order valence-electron chi connectivity index (χ0n) is 10.6. The maximum absolute atomic E-state index is 8.84. The summed E-state index contributed by atoms with van der Waals surface area (Å²) >= 11 is 5.90. The first-order valence-corrected chi connectivity index (χ1v) is 6.61. The Morgan fingerprint density at radius 1 is 1.20 bits per heavy atom. The summed E-state index contributed by atoms with van der Waals surface area (Å²) in [7, 11) is 0. The second kappa shape index (κ2) is 5.48. The first-order valence-electron chi connectivity index (χ1n) is 6.23. The molecule has 5 nitrogen and oxygen atoms in total. The van der Waals surface area contributed by atoms with Crippen LogP contribution < -0.4 is 5.32 Å². The Morgan fingerprint density at radius 3 is 2.75 bits per heavy atom. The van der Waals surface area contributed by atoms with Crippen molar-refractivity contribution in [2.45, 2.75) is 0 Å². The Labute approximate surface area is 120 Å². The van der Waals surface area contributed by atoms with Gasteiger partial charge in [0.2, 0.25) is 0 Å². The van der Waals surface area contributed by atoms with Crippen molar-refractivity contribution in [1.82, 2.24) is 14.6 Å². The lowest BCUT2D eigenvalue weighted by Crippen LogP contribution is -2.07. The lowest BCUT2D eigenvalue weighted by atomic mass is 10.1. The van der Waals surface area contributed by atoms with Gasteiger partial charge in [-0.3, -0.25) is 0 Å². The number of fused-ring (bicyclic) bond motifs is 1. The van der Waals surface area contributed by atoms with Gasteiger partial charge < -0.3 is 10.4 Å². The van der Waals surface area contributed by atoms with Crippen molar-refractivity contribution in [3.8, 4) is 11.1 Å². The fourth-order valence-electron chi connectivity index (χ4n) is 1.98. The van der Waals surface area contributed by atoms with E-state index in [1.807, 2.05) is 36.5 Å². The molecule has 0 saturated carbocycles. The molecule has 0 spiro atoms. The normalized spacial score (nSPS) is 10.9. The first-order chi connectivity index (χ1) is 9.78. The van der Waals surface area contributed by atoms with Gasteiger partial charge in [-0.15, -0.1) is 0 Å². The average Bonchev–Trinajstić information content (AvgIpc) is 2.89.